The maximum atomic E-state index is 13.5. The van der Waals surface area contributed by atoms with E-state index in [0.29, 0.717) is 36.0 Å². The highest BCUT2D eigenvalue weighted by Gasteiger charge is 2.33. The standard InChI is InChI=1S/C13H9F3N4S.C12H8F2N4S.C12H9IN4S/c14-13(15,16)10-4-2-1-3-8(10)5-20-6-9-11(19-20)17-7-18-12(9)21;13-9-2-1-3-10(14)7(9)4-18-5-8-11(17-18)15-6-16-12(8)19;13-10-4-2-1-3-8(10)5-17-6-9-11(16-17)14-7-15-12(9)18/h1-4,6-7H,5H2,(H,17,18,19,21);1-3,5-6H,4H2,(H,15,16,17,19);1-4,6-7H,5H2,(H,14,15,16,18). The van der Waals surface area contributed by atoms with Gasteiger partial charge in [0.25, 0.3) is 0 Å². The van der Waals surface area contributed by atoms with Gasteiger partial charge in [-0.3, -0.25) is 14.0 Å². The van der Waals surface area contributed by atoms with E-state index >= 15 is 0 Å². The van der Waals surface area contributed by atoms with E-state index in [4.69, 9.17) is 36.7 Å². The Labute approximate surface area is 353 Å². The third-order valence-corrected chi connectivity index (χ3v) is 10.5. The van der Waals surface area contributed by atoms with Gasteiger partial charge in [0.2, 0.25) is 0 Å². The summed E-state index contributed by atoms with van der Waals surface area (Å²) in [7, 11) is 0. The minimum Gasteiger partial charge on any atom is -0.329 e. The van der Waals surface area contributed by atoms with Crippen molar-refractivity contribution in [2.24, 2.45) is 0 Å². The predicted octanol–water partition coefficient (Wildman–Crippen LogP) is 9.51. The fraction of sp³-hybridized carbons (Fsp3) is 0.108. The first-order valence-electron chi connectivity index (χ1n) is 16.9. The van der Waals surface area contributed by atoms with Crippen LogP contribution in [-0.2, 0) is 25.8 Å². The van der Waals surface area contributed by atoms with Crippen molar-refractivity contribution >= 4 is 92.3 Å². The summed E-state index contributed by atoms with van der Waals surface area (Å²) in [4.78, 5) is 20.5. The molecule has 9 rings (SSSR count). The lowest BCUT2D eigenvalue weighted by Gasteiger charge is -2.12. The molecule has 0 fully saturated rings. The lowest BCUT2D eigenvalue weighted by atomic mass is 10.1. The number of aromatic amines is 3. The third kappa shape index (κ3) is 9.38. The summed E-state index contributed by atoms with van der Waals surface area (Å²) >= 11 is 17.6. The number of hydrogen-bond acceptors (Lipinski definition) is 9. The molecule has 6 heterocycles. The van der Waals surface area contributed by atoms with E-state index in [1.165, 1.54) is 61.5 Å². The number of alkyl halides is 3. The van der Waals surface area contributed by atoms with Crippen LogP contribution in [0.2, 0.25) is 0 Å². The summed E-state index contributed by atoms with van der Waals surface area (Å²) in [5.41, 5.74) is 2.51. The largest absolute Gasteiger partial charge is 0.416 e. The van der Waals surface area contributed by atoms with Crippen molar-refractivity contribution < 1.29 is 22.0 Å². The Balaban J connectivity index is 0.000000133. The van der Waals surface area contributed by atoms with E-state index in [2.05, 4.69) is 79.9 Å². The van der Waals surface area contributed by atoms with Crippen LogP contribution in [0.4, 0.5) is 22.0 Å². The molecule has 0 bridgehead atoms. The summed E-state index contributed by atoms with van der Waals surface area (Å²) in [6.45, 7) is 0.735. The molecular weight excluding hydrogens is 931 g/mol. The molecule has 0 saturated carbocycles. The molecule has 0 radical (unpaired) electrons. The minimum absolute atomic E-state index is 0.00417. The number of hydrogen-bond donors (Lipinski definition) is 3. The normalized spacial score (nSPS) is 11.3. The first-order chi connectivity index (χ1) is 27.8. The molecule has 0 aliphatic heterocycles. The number of rotatable bonds is 6. The van der Waals surface area contributed by atoms with Crippen LogP contribution in [0, 0.1) is 29.1 Å². The molecule has 0 atom stereocenters. The highest BCUT2D eigenvalue weighted by molar-refractivity contribution is 14.1. The molecule has 0 saturated heterocycles. The van der Waals surface area contributed by atoms with E-state index in [1.807, 2.05) is 23.0 Å². The Morgan fingerprint density at radius 3 is 1.41 bits per heavy atom. The number of nitrogens with one attached hydrogen (secondary N) is 3. The average molecular weight is 957 g/mol. The summed E-state index contributed by atoms with van der Waals surface area (Å²) in [5.74, 6) is -1.19. The lowest BCUT2D eigenvalue weighted by Crippen LogP contribution is -2.11. The van der Waals surface area contributed by atoms with Gasteiger partial charge < -0.3 is 15.0 Å². The molecule has 21 heteroatoms. The van der Waals surface area contributed by atoms with Gasteiger partial charge in [-0.2, -0.15) is 28.5 Å². The molecular formula is C37H26F5IN12S3. The lowest BCUT2D eigenvalue weighted by molar-refractivity contribution is -0.138. The Morgan fingerprint density at radius 1 is 0.552 bits per heavy atom. The van der Waals surface area contributed by atoms with Gasteiger partial charge in [0.05, 0.1) is 60.3 Å². The molecule has 0 spiro atoms. The zero-order valence-electron chi connectivity index (χ0n) is 29.5. The van der Waals surface area contributed by atoms with Gasteiger partial charge in [-0.15, -0.1) is 0 Å². The van der Waals surface area contributed by atoms with Crippen LogP contribution in [0.25, 0.3) is 33.1 Å². The van der Waals surface area contributed by atoms with Crippen molar-refractivity contribution in [2.45, 2.75) is 25.8 Å². The van der Waals surface area contributed by atoms with Gasteiger partial charge in [-0.1, -0.05) is 79.1 Å². The quantitative estimate of drug-likeness (QED) is 0.0845. The maximum Gasteiger partial charge on any atom is 0.416 e. The topological polar surface area (TPSA) is 140 Å². The number of nitrogens with zero attached hydrogens (tertiary/aromatic N) is 9. The molecule has 294 valence electrons. The second-order valence-corrected chi connectivity index (χ2v) is 14.7. The molecule has 3 N–H and O–H groups in total. The van der Waals surface area contributed by atoms with E-state index in [-0.39, 0.29) is 24.2 Å². The summed E-state index contributed by atoms with van der Waals surface area (Å²) in [6, 6.07) is 17.4. The first kappa shape index (κ1) is 40.5. The number of fused-ring (bicyclic) bond motifs is 3. The molecule has 9 aromatic rings. The Bertz CT molecular complexity index is 3060. The van der Waals surface area contributed by atoms with Gasteiger partial charge in [-0.05, 0) is 58.0 Å². The van der Waals surface area contributed by atoms with Crippen molar-refractivity contribution in [1.82, 2.24) is 59.2 Å². The van der Waals surface area contributed by atoms with E-state index in [9.17, 15) is 22.0 Å². The van der Waals surface area contributed by atoms with Crippen LogP contribution in [0.3, 0.4) is 0 Å². The number of aromatic nitrogens is 12. The van der Waals surface area contributed by atoms with Crippen LogP contribution in [0.5, 0.6) is 0 Å². The van der Waals surface area contributed by atoms with Crippen LogP contribution in [-0.4, -0.2) is 59.2 Å². The summed E-state index contributed by atoms with van der Waals surface area (Å²) in [6.07, 6.45) is 5.18. The molecule has 6 aromatic heterocycles. The highest BCUT2D eigenvalue weighted by Crippen LogP contribution is 2.32. The molecule has 0 aliphatic rings. The van der Waals surface area contributed by atoms with E-state index in [0.717, 1.165) is 23.6 Å². The summed E-state index contributed by atoms with van der Waals surface area (Å²) in [5, 5.41) is 15.0. The number of H-pyrrole nitrogens is 3. The van der Waals surface area contributed by atoms with Crippen molar-refractivity contribution in [3.8, 4) is 0 Å². The first-order valence-corrected chi connectivity index (χ1v) is 19.2. The molecule has 0 unspecified atom stereocenters. The van der Waals surface area contributed by atoms with Gasteiger partial charge in [0, 0.05) is 27.7 Å². The van der Waals surface area contributed by atoms with Gasteiger partial charge >= 0.3 is 6.18 Å². The van der Waals surface area contributed by atoms with E-state index in [1.54, 1.807) is 24.8 Å². The van der Waals surface area contributed by atoms with E-state index < -0.39 is 23.4 Å². The predicted molar refractivity (Wildman–Crippen MR) is 222 cm³/mol. The van der Waals surface area contributed by atoms with Crippen molar-refractivity contribution in [1.29, 1.82) is 0 Å². The molecule has 3 aromatic carbocycles. The number of benzene rings is 3. The zero-order valence-corrected chi connectivity index (χ0v) is 34.1. The van der Waals surface area contributed by atoms with Crippen LogP contribution >= 0.6 is 59.2 Å². The van der Waals surface area contributed by atoms with Crippen LogP contribution < -0.4 is 0 Å². The molecule has 58 heavy (non-hydrogen) atoms. The SMILES string of the molecule is FC(F)(F)c1ccccc1Cn1cc2c(=S)nc[nH]c2n1.Fc1cccc(F)c1Cn1cc2c(=S)nc[nH]c2n1.S=c1nc[nH]c2nn(Cc3ccccc3I)cc12. The Morgan fingerprint density at radius 2 is 0.966 bits per heavy atom. The average Bonchev–Trinajstić information content (AvgIpc) is 3.93. The molecule has 0 amide bonds. The third-order valence-electron chi connectivity index (χ3n) is 8.45. The molecule has 0 aliphatic carbocycles. The summed E-state index contributed by atoms with van der Waals surface area (Å²) < 4.78 is 73.3. The Hall–Kier alpha value is -5.65. The fourth-order valence-electron chi connectivity index (χ4n) is 5.72. The fourth-order valence-corrected chi connectivity index (χ4v) is 6.88. The van der Waals surface area contributed by atoms with Crippen LogP contribution in [0.15, 0.2) is 104 Å². The smallest absolute Gasteiger partial charge is 0.329 e. The maximum absolute atomic E-state index is 13.5. The van der Waals surface area contributed by atoms with Crippen molar-refractivity contribution in [3.05, 3.63) is 156 Å². The number of halogens is 6. The molecule has 12 nitrogen and oxygen atoms in total. The van der Waals surface area contributed by atoms with Gasteiger partial charge in [-0.25, -0.2) is 23.7 Å². The zero-order chi connectivity index (χ0) is 41.0. The second-order valence-electron chi connectivity index (χ2n) is 12.3. The minimum atomic E-state index is -4.39. The van der Waals surface area contributed by atoms with Gasteiger partial charge in [0.1, 0.15) is 25.6 Å². The van der Waals surface area contributed by atoms with Crippen molar-refractivity contribution in [2.75, 3.05) is 0 Å². The van der Waals surface area contributed by atoms with Crippen LogP contribution in [0.1, 0.15) is 22.3 Å². The Kier molecular flexibility index (Phi) is 12.2. The van der Waals surface area contributed by atoms with Crippen molar-refractivity contribution in [3.63, 3.8) is 0 Å². The highest BCUT2D eigenvalue weighted by atomic mass is 127. The second kappa shape index (κ2) is 17.5. The monoisotopic (exact) mass is 956 g/mol. The van der Waals surface area contributed by atoms with Gasteiger partial charge in [0.15, 0.2) is 16.9 Å².